The van der Waals surface area contributed by atoms with Crippen molar-refractivity contribution in [3.8, 4) is 0 Å². The zero-order chi connectivity index (χ0) is 26.7. The number of piperazine rings is 1. The number of carbonyl (C=O) groups is 2. The second-order valence-corrected chi connectivity index (χ2v) is 12.9. The van der Waals surface area contributed by atoms with E-state index in [0.717, 1.165) is 30.1 Å². The summed E-state index contributed by atoms with van der Waals surface area (Å²) in [5, 5.41) is 6.18. The molecule has 2 aromatic rings. The van der Waals surface area contributed by atoms with Gasteiger partial charge in [-0.05, 0) is 86.1 Å². The lowest BCUT2D eigenvalue weighted by molar-refractivity contribution is -0.131. The number of nitrogens with one attached hydrogen (secondary N) is 2. The van der Waals surface area contributed by atoms with Crippen molar-refractivity contribution in [1.82, 2.24) is 19.8 Å². The van der Waals surface area contributed by atoms with Gasteiger partial charge in [-0.3, -0.25) is 14.5 Å². The van der Waals surface area contributed by atoms with Crippen LogP contribution in [0.15, 0.2) is 47.4 Å². The molecule has 0 spiro atoms. The van der Waals surface area contributed by atoms with Gasteiger partial charge in [0.1, 0.15) is 6.04 Å². The fourth-order valence-corrected chi connectivity index (χ4v) is 7.50. The highest BCUT2D eigenvalue weighted by Crippen LogP contribution is 2.26. The van der Waals surface area contributed by atoms with Gasteiger partial charge in [0, 0.05) is 30.7 Å². The van der Waals surface area contributed by atoms with Crippen molar-refractivity contribution in [3.63, 3.8) is 0 Å². The highest BCUT2D eigenvalue weighted by Gasteiger charge is 2.40. The Hall–Kier alpha value is -2.46. The Morgan fingerprint density at radius 1 is 1.03 bits per heavy atom. The number of likely N-dealkylation sites (tertiary alicyclic amines) is 1. The number of piperidine rings is 1. The molecule has 2 aliphatic heterocycles. The number of carbonyl (C=O) groups excluding carboxylic acids is 2. The standard InChI is InChI=1S/C28H35ClN4O4S/c29-23-7-10-25(11-8-23)38(36,37)33-15-12-30-28(35)26(33)18-27(34)31-24-9-6-21-16-20(4-5-22(21)17-24)19-32-13-2-1-3-14-32/h4-5,7-8,10-11,16,24,26H,1-3,6,9,12-15,17-19H2,(H,30,35)(H,31,34)/t24-,26?/m1/s1. The third-order valence-electron chi connectivity index (χ3n) is 7.80. The largest absolute Gasteiger partial charge is 0.353 e. The van der Waals surface area contributed by atoms with Crippen LogP contribution >= 0.6 is 11.6 Å². The molecule has 0 bridgehead atoms. The molecule has 8 nitrogen and oxygen atoms in total. The minimum Gasteiger partial charge on any atom is -0.353 e. The van der Waals surface area contributed by atoms with Gasteiger partial charge in [-0.15, -0.1) is 0 Å². The molecule has 2 aromatic carbocycles. The Morgan fingerprint density at radius 2 is 1.79 bits per heavy atom. The number of hydrogen-bond donors (Lipinski definition) is 2. The highest BCUT2D eigenvalue weighted by atomic mass is 35.5. The molecule has 204 valence electrons. The summed E-state index contributed by atoms with van der Waals surface area (Å²) in [4.78, 5) is 28.3. The Labute approximate surface area is 229 Å². The number of fused-ring (bicyclic) bond motifs is 1. The van der Waals surface area contributed by atoms with Gasteiger partial charge in [-0.1, -0.05) is 36.2 Å². The van der Waals surface area contributed by atoms with E-state index in [-0.39, 0.29) is 36.4 Å². The van der Waals surface area contributed by atoms with Crippen LogP contribution in [0.5, 0.6) is 0 Å². The number of hydrogen-bond acceptors (Lipinski definition) is 5. The molecule has 0 radical (unpaired) electrons. The van der Waals surface area contributed by atoms with Gasteiger partial charge in [0.2, 0.25) is 21.8 Å². The molecule has 0 aromatic heterocycles. The second-order valence-electron chi connectivity index (χ2n) is 10.5. The third kappa shape index (κ3) is 6.22. The van der Waals surface area contributed by atoms with Crippen LogP contribution < -0.4 is 10.6 Å². The van der Waals surface area contributed by atoms with Crippen molar-refractivity contribution in [2.24, 2.45) is 0 Å². The molecule has 1 aliphatic carbocycles. The lowest BCUT2D eigenvalue weighted by Crippen LogP contribution is -2.58. The average Bonchev–Trinajstić information content (AvgIpc) is 2.90. The number of halogens is 1. The minimum atomic E-state index is -3.96. The van der Waals surface area contributed by atoms with Crippen LogP contribution in [0.3, 0.4) is 0 Å². The van der Waals surface area contributed by atoms with Crippen molar-refractivity contribution in [3.05, 3.63) is 64.2 Å². The van der Waals surface area contributed by atoms with E-state index in [1.165, 1.54) is 73.3 Å². The third-order valence-corrected chi connectivity index (χ3v) is 9.97. The lowest BCUT2D eigenvalue weighted by Gasteiger charge is -2.34. The molecular weight excluding hydrogens is 524 g/mol. The van der Waals surface area contributed by atoms with Crippen molar-refractivity contribution in [2.75, 3.05) is 26.2 Å². The Bertz CT molecular complexity index is 1280. The normalized spacial score (nSPS) is 22.9. The van der Waals surface area contributed by atoms with E-state index in [1.807, 2.05) is 0 Å². The number of benzene rings is 2. The van der Waals surface area contributed by atoms with Crippen molar-refractivity contribution >= 4 is 33.4 Å². The molecule has 38 heavy (non-hydrogen) atoms. The highest BCUT2D eigenvalue weighted by molar-refractivity contribution is 7.89. The van der Waals surface area contributed by atoms with E-state index < -0.39 is 22.0 Å². The van der Waals surface area contributed by atoms with Crippen LogP contribution in [0, 0.1) is 0 Å². The molecule has 5 rings (SSSR count). The summed E-state index contributed by atoms with van der Waals surface area (Å²) in [6.45, 7) is 3.63. The average molecular weight is 559 g/mol. The minimum absolute atomic E-state index is 0.0454. The van der Waals surface area contributed by atoms with Gasteiger partial charge in [0.25, 0.3) is 0 Å². The van der Waals surface area contributed by atoms with Gasteiger partial charge in [0.15, 0.2) is 0 Å². The molecule has 2 heterocycles. The summed E-state index contributed by atoms with van der Waals surface area (Å²) in [5.74, 6) is -0.780. The van der Waals surface area contributed by atoms with E-state index in [0.29, 0.717) is 5.02 Å². The molecule has 1 unspecified atom stereocenters. The SMILES string of the molecule is O=C(CC1C(=O)NCCN1S(=O)(=O)c1ccc(Cl)cc1)N[C@@H]1CCc2cc(CN3CCCCC3)ccc2C1. The van der Waals surface area contributed by atoms with E-state index >= 15 is 0 Å². The molecule has 10 heteroatoms. The fourth-order valence-electron chi connectivity index (χ4n) is 5.79. The van der Waals surface area contributed by atoms with Crippen LogP contribution in [0.4, 0.5) is 0 Å². The Kier molecular flexibility index (Phi) is 8.38. The molecule has 2 atom stereocenters. The summed E-state index contributed by atoms with van der Waals surface area (Å²) in [6, 6.07) is 11.4. The summed E-state index contributed by atoms with van der Waals surface area (Å²) in [5.41, 5.74) is 3.93. The molecule has 3 aliphatic rings. The monoisotopic (exact) mass is 558 g/mol. The van der Waals surface area contributed by atoms with Crippen molar-refractivity contribution in [2.45, 2.75) is 68.5 Å². The summed E-state index contributed by atoms with van der Waals surface area (Å²) in [7, 11) is -3.96. The number of amides is 2. The first-order chi connectivity index (χ1) is 18.3. The van der Waals surface area contributed by atoms with E-state index in [4.69, 9.17) is 11.6 Å². The first kappa shape index (κ1) is 27.1. The summed E-state index contributed by atoms with van der Waals surface area (Å²) in [6.07, 6.45) is 6.09. The van der Waals surface area contributed by atoms with E-state index in [1.54, 1.807) is 0 Å². The van der Waals surface area contributed by atoms with E-state index in [2.05, 4.69) is 33.7 Å². The first-order valence-electron chi connectivity index (χ1n) is 13.5. The van der Waals surface area contributed by atoms with Gasteiger partial charge in [-0.2, -0.15) is 4.31 Å². The zero-order valence-corrected chi connectivity index (χ0v) is 23.1. The number of rotatable bonds is 7. The molecule has 2 N–H and O–H groups in total. The second kappa shape index (κ2) is 11.7. The van der Waals surface area contributed by atoms with Crippen molar-refractivity contribution in [1.29, 1.82) is 0 Å². The topological polar surface area (TPSA) is 98.8 Å². The Morgan fingerprint density at radius 3 is 2.55 bits per heavy atom. The number of sulfonamides is 1. The van der Waals surface area contributed by atoms with Crippen LogP contribution in [0.25, 0.3) is 0 Å². The molecule has 0 saturated carbocycles. The lowest BCUT2D eigenvalue weighted by atomic mass is 9.87. The first-order valence-corrected chi connectivity index (χ1v) is 15.3. The number of aryl methyl sites for hydroxylation is 1. The maximum atomic E-state index is 13.3. The van der Waals surface area contributed by atoms with Crippen LogP contribution in [-0.2, 0) is 39.0 Å². The van der Waals surface area contributed by atoms with E-state index in [9.17, 15) is 18.0 Å². The van der Waals surface area contributed by atoms with Crippen LogP contribution in [0.1, 0.15) is 48.8 Å². The molecule has 2 amide bonds. The molecular formula is C28H35ClN4O4S. The predicted octanol–water partition coefficient (Wildman–Crippen LogP) is 2.88. The quantitative estimate of drug-likeness (QED) is 0.544. The number of nitrogens with zero attached hydrogens (tertiary/aromatic N) is 2. The van der Waals surface area contributed by atoms with Crippen LogP contribution in [-0.4, -0.2) is 67.7 Å². The molecule has 2 saturated heterocycles. The maximum Gasteiger partial charge on any atom is 0.243 e. The van der Waals surface area contributed by atoms with Gasteiger partial charge < -0.3 is 10.6 Å². The predicted molar refractivity (Wildman–Crippen MR) is 146 cm³/mol. The Balaban J connectivity index is 1.21. The molecule has 2 fully saturated rings. The van der Waals surface area contributed by atoms with Crippen LogP contribution in [0.2, 0.25) is 5.02 Å². The van der Waals surface area contributed by atoms with Crippen molar-refractivity contribution < 1.29 is 18.0 Å². The zero-order valence-electron chi connectivity index (χ0n) is 21.5. The summed E-state index contributed by atoms with van der Waals surface area (Å²) >= 11 is 5.91. The van der Waals surface area contributed by atoms with Gasteiger partial charge in [0.05, 0.1) is 11.3 Å². The summed E-state index contributed by atoms with van der Waals surface area (Å²) < 4.78 is 27.7. The fraction of sp³-hybridized carbons (Fsp3) is 0.500. The smallest absolute Gasteiger partial charge is 0.243 e. The van der Waals surface area contributed by atoms with Gasteiger partial charge in [-0.25, -0.2) is 8.42 Å². The maximum absolute atomic E-state index is 13.3. The van der Waals surface area contributed by atoms with Gasteiger partial charge >= 0.3 is 0 Å².